The number of alkyl halides is 1. The van der Waals surface area contributed by atoms with Crippen molar-refractivity contribution in [1.82, 2.24) is 0 Å². The van der Waals surface area contributed by atoms with Crippen LogP contribution >= 0.6 is 11.6 Å². The summed E-state index contributed by atoms with van der Waals surface area (Å²) in [5, 5.41) is 9.77. The van der Waals surface area contributed by atoms with Gasteiger partial charge in [0.15, 0.2) is 0 Å². The molecule has 168 valence electrons. The van der Waals surface area contributed by atoms with E-state index in [0.717, 1.165) is 5.56 Å². The van der Waals surface area contributed by atoms with Gasteiger partial charge in [-0.2, -0.15) is 5.26 Å². The Morgan fingerprint density at radius 1 is 1.03 bits per heavy atom. The number of carbonyl (C=O) groups excluding carboxylic acids is 1. The van der Waals surface area contributed by atoms with Gasteiger partial charge < -0.3 is 14.2 Å². The Hall–Kier alpha value is -3.49. The van der Waals surface area contributed by atoms with Crippen molar-refractivity contribution >= 4 is 17.6 Å². The first kappa shape index (κ1) is 22.7. The van der Waals surface area contributed by atoms with E-state index in [0.29, 0.717) is 35.8 Å². The Morgan fingerprint density at radius 2 is 1.70 bits per heavy atom. The first-order valence-corrected chi connectivity index (χ1v) is 11.1. The van der Waals surface area contributed by atoms with E-state index in [9.17, 15) is 10.1 Å². The average molecular weight is 462 g/mol. The van der Waals surface area contributed by atoms with Crippen molar-refractivity contribution in [1.29, 1.82) is 5.26 Å². The number of para-hydroxylation sites is 1. The van der Waals surface area contributed by atoms with Gasteiger partial charge in [-0.05, 0) is 62.2 Å². The monoisotopic (exact) mass is 461 g/mol. The molecule has 1 aliphatic carbocycles. The number of rotatable bonds is 8. The zero-order chi connectivity index (χ0) is 23.5. The molecule has 0 amide bonds. The summed E-state index contributed by atoms with van der Waals surface area (Å²) in [5.74, 6) is 1.41. The molecule has 3 unspecified atom stereocenters. The van der Waals surface area contributed by atoms with E-state index in [4.69, 9.17) is 25.8 Å². The molecule has 3 atom stereocenters. The molecule has 33 heavy (non-hydrogen) atoms. The third kappa shape index (κ3) is 4.53. The number of halogens is 1. The van der Waals surface area contributed by atoms with E-state index >= 15 is 0 Å². The summed E-state index contributed by atoms with van der Waals surface area (Å²) in [6.07, 6.45) is -0.673. The minimum Gasteiger partial charge on any atom is -0.494 e. The van der Waals surface area contributed by atoms with Crippen LogP contribution in [0.2, 0.25) is 0 Å². The van der Waals surface area contributed by atoms with Crippen molar-refractivity contribution in [3.63, 3.8) is 0 Å². The third-order valence-corrected chi connectivity index (χ3v) is 6.31. The summed E-state index contributed by atoms with van der Waals surface area (Å²) >= 11 is 6.65. The Kier molecular flexibility index (Phi) is 6.31. The van der Waals surface area contributed by atoms with Gasteiger partial charge in [0, 0.05) is 5.56 Å². The normalized spacial score (nSPS) is 22.0. The molecule has 0 saturated heterocycles. The molecule has 3 aromatic carbocycles. The van der Waals surface area contributed by atoms with Crippen LogP contribution in [0, 0.1) is 11.3 Å². The highest BCUT2D eigenvalue weighted by atomic mass is 35.5. The van der Waals surface area contributed by atoms with Crippen LogP contribution in [0.4, 0.5) is 0 Å². The highest BCUT2D eigenvalue weighted by Gasteiger charge is 2.71. The van der Waals surface area contributed by atoms with E-state index in [1.165, 1.54) is 0 Å². The van der Waals surface area contributed by atoms with Gasteiger partial charge in [0.05, 0.1) is 11.5 Å². The molecule has 3 aromatic rings. The van der Waals surface area contributed by atoms with Crippen LogP contribution in [0.1, 0.15) is 37.5 Å². The third-order valence-electron chi connectivity index (χ3n) is 5.85. The molecule has 1 fully saturated rings. The molecule has 0 aromatic heterocycles. The topological polar surface area (TPSA) is 68.5 Å². The molecule has 0 spiro atoms. The maximum atomic E-state index is 13.4. The fourth-order valence-corrected chi connectivity index (χ4v) is 4.39. The van der Waals surface area contributed by atoms with Gasteiger partial charge in [-0.1, -0.05) is 42.5 Å². The second kappa shape index (κ2) is 9.17. The van der Waals surface area contributed by atoms with E-state index in [1.54, 1.807) is 24.3 Å². The quantitative estimate of drug-likeness (QED) is 0.290. The lowest BCUT2D eigenvalue weighted by molar-refractivity contribution is -0.150. The molecule has 1 saturated carbocycles. The van der Waals surface area contributed by atoms with Crippen LogP contribution in [0.25, 0.3) is 0 Å². The molecule has 0 radical (unpaired) electrons. The smallest absolute Gasteiger partial charge is 0.320 e. The largest absolute Gasteiger partial charge is 0.494 e. The summed E-state index contributed by atoms with van der Waals surface area (Å²) < 4.78 is 17.1. The summed E-state index contributed by atoms with van der Waals surface area (Å²) in [5.41, 5.74) is 0.247. The molecule has 4 rings (SSSR count). The van der Waals surface area contributed by atoms with Gasteiger partial charge in [-0.3, -0.25) is 4.79 Å². The van der Waals surface area contributed by atoms with Gasteiger partial charge >= 0.3 is 5.97 Å². The fraction of sp³-hybridized carbons (Fsp3) is 0.259. The second-order valence-corrected chi connectivity index (χ2v) is 8.97. The minimum absolute atomic E-state index is 0.420. The maximum Gasteiger partial charge on any atom is 0.320 e. The van der Waals surface area contributed by atoms with E-state index in [1.807, 2.05) is 68.4 Å². The highest BCUT2D eigenvalue weighted by Crippen LogP contribution is 2.63. The number of nitriles is 1. The van der Waals surface area contributed by atoms with Crippen LogP contribution in [0.5, 0.6) is 17.2 Å². The zero-order valence-electron chi connectivity index (χ0n) is 18.5. The Bertz CT molecular complexity index is 1170. The van der Waals surface area contributed by atoms with Crippen LogP contribution in [-0.4, -0.2) is 17.5 Å². The van der Waals surface area contributed by atoms with Crippen molar-refractivity contribution in [3.05, 3.63) is 90.0 Å². The van der Waals surface area contributed by atoms with Crippen molar-refractivity contribution < 1.29 is 19.0 Å². The van der Waals surface area contributed by atoms with Crippen LogP contribution in [0.15, 0.2) is 78.9 Å². The molecular weight excluding hydrogens is 438 g/mol. The predicted molar refractivity (Wildman–Crippen MR) is 126 cm³/mol. The van der Waals surface area contributed by atoms with Gasteiger partial charge in [0.25, 0.3) is 0 Å². The SMILES string of the molecule is CCOc1ccc(C2(C(=O)OC(C#N)c3cccc(Oc4ccccc4)c3)CC2(C)Cl)cc1. The van der Waals surface area contributed by atoms with Crippen molar-refractivity contribution in [3.8, 4) is 23.3 Å². The molecule has 1 aliphatic rings. The minimum atomic E-state index is -1.09. The first-order valence-electron chi connectivity index (χ1n) is 10.8. The van der Waals surface area contributed by atoms with E-state index in [2.05, 4.69) is 6.07 Å². The number of ether oxygens (including phenoxy) is 3. The summed E-state index contributed by atoms with van der Waals surface area (Å²) in [4.78, 5) is 12.6. The lowest BCUT2D eigenvalue weighted by atomic mass is 9.93. The number of nitrogens with zero attached hydrogens (tertiary/aromatic N) is 1. The lowest BCUT2D eigenvalue weighted by Gasteiger charge is -2.21. The fourth-order valence-electron chi connectivity index (χ4n) is 4.00. The van der Waals surface area contributed by atoms with Crippen LogP contribution < -0.4 is 9.47 Å². The lowest BCUT2D eigenvalue weighted by Crippen LogP contribution is -2.30. The van der Waals surface area contributed by atoms with Gasteiger partial charge in [0.2, 0.25) is 6.10 Å². The summed E-state index contributed by atoms with van der Waals surface area (Å²) in [7, 11) is 0. The van der Waals surface area contributed by atoms with Gasteiger partial charge in [-0.25, -0.2) is 0 Å². The molecule has 0 N–H and O–H groups in total. The molecule has 5 nitrogen and oxygen atoms in total. The molecule has 0 aliphatic heterocycles. The molecular formula is C27H24ClNO4. The molecule has 6 heteroatoms. The van der Waals surface area contributed by atoms with Crippen LogP contribution in [0.3, 0.4) is 0 Å². The van der Waals surface area contributed by atoms with Crippen LogP contribution in [-0.2, 0) is 14.9 Å². The maximum absolute atomic E-state index is 13.4. The predicted octanol–water partition coefficient (Wildman–Crippen LogP) is 6.32. The zero-order valence-corrected chi connectivity index (χ0v) is 19.2. The Labute approximate surface area is 198 Å². The molecule has 0 bridgehead atoms. The van der Waals surface area contributed by atoms with Gasteiger partial charge in [-0.15, -0.1) is 11.6 Å². The standard InChI is InChI=1S/C27H24ClNO4/c1-3-31-21-14-12-20(13-15-21)27(18-26(27,2)28)25(30)33-24(17-29)19-8-7-11-23(16-19)32-22-9-5-4-6-10-22/h4-16,24H,3,18H2,1-2H3. The summed E-state index contributed by atoms with van der Waals surface area (Å²) in [6, 6.07) is 25.7. The number of carbonyl (C=O) groups is 1. The molecule has 0 heterocycles. The Morgan fingerprint density at radius 3 is 2.30 bits per heavy atom. The first-order chi connectivity index (χ1) is 15.9. The highest BCUT2D eigenvalue weighted by molar-refractivity contribution is 6.30. The Balaban J connectivity index is 1.55. The van der Waals surface area contributed by atoms with Crippen molar-refractivity contribution in [2.24, 2.45) is 0 Å². The number of benzene rings is 3. The van der Waals surface area contributed by atoms with Crippen molar-refractivity contribution in [2.45, 2.75) is 36.7 Å². The average Bonchev–Trinajstić information content (AvgIpc) is 3.42. The number of esters is 1. The van der Waals surface area contributed by atoms with Gasteiger partial charge in [0.1, 0.15) is 28.7 Å². The van der Waals surface area contributed by atoms with Crippen molar-refractivity contribution in [2.75, 3.05) is 6.61 Å². The number of hydrogen-bond donors (Lipinski definition) is 0. The van der Waals surface area contributed by atoms with E-state index < -0.39 is 22.4 Å². The number of hydrogen-bond acceptors (Lipinski definition) is 5. The second-order valence-electron chi connectivity index (χ2n) is 8.14. The summed E-state index contributed by atoms with van der Waals surface area (Å²) in [6.45, 7) is 4.27. The van der Waals surface area contributed by atoms with E-state index in [-0.39, 0.29) is 0 Å².